The van der Waals surface area contributed by atoms with Gasteiger partial charge in [-0.15, -0.1) is 11.3 Å². The predicted octanol–water partition coefficient (Wildman–Crippen LogP) is 5.93. The van der Waals surface area contributed by atoms with Gasteiger partial charge in [0.2, 0.25) is 0 Å². The van der Waals surface area contributed by atoms with Crippen LogP contribution in [0.2, 0.25) is 10.0 Å². The van der Waals surface area contributed by atoms with E-state index in [1.165, 1.54) is 4.88 Å². The van der Waals surface area contributed by atoms with Crippen LogP contribution < -0.4 is 14.8 Å². The lowest BCUT2D eigenvalue weighted by atomic mass is 10.2. The number of benzene rings is 2. The van der Waals surface area contributed by atoms with Crippen molar-refractivity contribution in [2.75, 3.05) is 7.11 Å². The van der Waals surface area contributed by atoms with Crippen LogP contribution in [0.5, 0.6) is 11.5 Å². The van der Waals surface area contributed by atoms with Gasteiger partial charge < -0.3 is 14.8 Å². The Bertz CT molecular complexity index is 836. The summed E-state index contributed by atoms with van der Waals surface area (Å²) < 4.78 is 11.4. The van der Waals surface area contributed by atoms with Crippen molar-refractivity contribution in [3.8, 4) is 11.5 Å². The first-order valence-electron chi connectivity index (χ1n) is 8.12. The molecule has 136 valence electrons. The molecule has 1 N–H and O–H groups in total. The molecular weight excluding hydrogens is 389 g/mol. The van der Waals surface area contributed by atoms with Crippen molar-refractivity contribution in [3.63, 3.8) is 0 Å². The smallest absolute Gasteiger partial charge is 0.163 e. The molecule has 0 amide bonds. The normalized spacial score (nSPS) is 10.7. The molecule has 0 aliphatic carbocycles. The van der Waals surface area contributed by atoms with Crippen LogP contribution in [0, 0.1) is 0 Å². The summed E-state index contributed by atoms with van der Waals surface area (Å²) in [5.41, 5.74) is 1.99. The van der Waals surface area contributed by atoms with Crippen LogP contribution in [0.15, 0.2) is 53.9 Å². The molecule has 3 aromatic rings. The van der Waals surface area contributed by atoms with E-state index in [9.17, 15) is 0 Å². The Morgan fingerprint density at radius 1 is 1.00 bits per heavy atom. The van der Waals surface area contributed by atoms with Crippen LogP contribution in [0.25, 0.3) is 0 Å². The predicted molar refractivity (Wildman–Crippen MR) is 109 cm³/mol. The third-order valence-corrected chi connectivity index (χ3v) is 5.32. The minimum Gasteiger partial charge on any atom is -0.493 e. The highest BCUT2D eigenvalue weighted by Crippen LogP contribution is 2.34. The maximum Gasteiger partial charge on any atom is 0.163 e. The second kappa shape index (κ2) is 9.28. The molecule has 0 unspecified atom stereocenters. The monoisotopic (exact) mass is 407 g/mol. The summed E-state index contributed by atoms with van der Waals surface area (Å²) in [6.45, 7) is 1.88. The number of hydrogen-bond acceptors (Lipinski definition) is 4. The molecule has 0 atom stereocenters. The SMILES string of the molecule is COc1cc(CNCc2cccs2)c(Cl)cc1OCc1ccc(Cl)cc1. The van der Waals surface area contributed by atoms with Gasteiger partial charge in [0.05, 0.1) is 7.11 Å². The highest BCUT2D eigenvalue weighted by molar-refractivity contribution is 7.09. The number of nitrogens with one attached hydrogen (secondary N) is 1. The Kier molecular flexibility index (Phi) is 6.80. The minimum atomic E-state index is 0.417. The lowest BCUT2D eigenvalue weighted by Crippen LogP contribution is -2.12. The third-order valence-electron chi connectivity index (χ3n) is 3.84. The molecule has 0 aliphatic heterocycles. The largest absolute Gasteiger partial charge is 0.493 e. The molecule has 1 heterocycles. The maximum absolute atomic E-state index is 6.43. The number of ether oxygens (including phenoxy) is 2. The van der Waals surface area contributed by atoms with Crippen LogP contribution in [0.1, 0.15) is 16.0 Å². The summed E-state index contributed by atoms with van der Waals surface area (Å²) in [4.78, 5) is 1.29. The lowest BCUT2D eigenvalue weighted by molar-refractivity contribution is 0.284. The second-order valence-corrected chi connectivity index (χ2v) is 7.57. The third kappa shape index (κ3) is 5.15. The maximum atomic E-state index is 6.43. The molecular formula is C20H19Cl2NO2S. The van der Waals surface area contributed by atoms with Gasteiger partial charge in [-0.3, -0.25) is 0 Å². The average Bonchev–Trinajstić information content (AvgIpc) is 3.16. The molecule has 3 nitrogen and oxygen atoms in total. The molecule has 1 aromatic heterocycles. The molecule has 3 rings (SSSR count). The summed E-state index contributed by atoms with van der Waals surface area (Å²) in [7, 11) is 1.63. The molecule has 0 saturated carbocycles. The Morgan fingerprint density at radius 2 is 1.81 bits per heavy atom. The van der Waals surface area contributed by atoms with Gasteiger partial charge in [-0.1, -0.05) is 41.4 Å². The summed E-state index contributed by atoms with van der Waals surface area (Å²) in [5, 5.41) is 6.82. The van der Waals surface area contributed by atoms with Gasteiger partial charge in [-0.25, -0.2) is 0 Å². The van der Waals surface area contributed by atoms with Gasteiger partial charge in [0, 0.05) is 34.1 Å². The van der Waals surface area contributed by atoms with E-state index in [0.717, 1.165) is 17.7 Å². The molecule has 0 fully saturated rings. The lowest BCUT2D eigenvalue weighted by Gasteiger charge is -2.14. The molecule has 0 radical (unpaired) electrons. The molecule has 26 heavy (non-hydrogen) atoms. The molecule has 2 aromatic carbocycles. The Hall–Kier alpha value is -1.72. The van der Waals surface area contributed by atoms with Crippen molar-refractivity contribution in [3.05, 3.63) is 80.0 Å². The highest BCUT2D eigenvalue weighted by atomic mass is 35.5. The summed E-state index contributed by atoms with van der Waals surface area (Å²) in [6.07, 6.45) is 0. The zero-order valence-electron chi connectivity index (χ0n) is 14.3. The zero-order chi connectivity index (χ0) is 18.4. The first kappa shape index (κ1) is 19.1. The standard InChI is InChI=1S/C20H19Cl2NO2S/c1-24-19-9-15(11-23-12-17-3-2-8-26-17)18(22)10-20(19)25-13-14-4-6-16(21)7-5-14/h2-10,23H,11-13H2,1H3. The summed E-state index contributed by atoms with van der Waals surface area (Å²) in [5.74, 6) is 1.28. The van der Waals surface area contributed by atoms with E-state index in [1.54, 1.807) is 24.5 Å². The number of methoxy groups -OCH3 is 1. The number of halogens is 2. The topological polar surface area (TPSA) is 30.5 Å². The van der Waals surface area contributed by atoms with E-state index >= 15 is 0 Å². The van der Waals surface area contributed by atoms with Crippen molar-refractivity contribution in [2.24, 2.45) is 0 Å². The molecule has 0 aliphatic rings. The molecule has 0 saturated heterocycles. The van der Waals surface area contributed by atoms with Gasteiger partial charge in [0.15, 0.2) is 11.5 Å². The van der Waals surface area contributed by atoms with E-state index in [-0.39, 0.29) is 0 Å². The van der Waals surface area contributed by atoms with Crippen LogP contribution in [-0.2, 0) is 19.7 Å². The average molecular weight is 408 g/mol. The molecule has 6 heteroatoms. The Labute approximate surface area is 167 Å². The van der Waals surface area contributed by atoms with Gasteiger partial charge in [-0.2, -0.15) is 0 Å². The fourth-order valence-electron chi connectivity index (χ4n) is 2.46. The number of thiophene rings is 1. The van der Waals surface area contributed by atoms with Crippen molar-refractivity contribution in [1.29, 1.82) is 0 Å². The first-order chi connectivity index (χ1) is 12.7. The zero-order valence-corrected chi connectivity index (χ0v) is 16.6. The van der Waals surface area contributed by atoms with E-state index in [4.69, 9.17) is 32.7 Å². The van der Waals surface area contributed by atoms with Crippen LogP contribution >= 0.6 is 34.5 Å². The van der Waals surface area contributed by atoms with E-state index in [1.807, 2.05) is 36.4 Å². The summed E-state index contributed by atoms with van der Waals surface area (Å²) in [6, 6.07) is 15.4. The van der Waals surface area contributed by atoms with Crippen molar-refractivity contribution in [1.82, 2.24) is 5.32 Å². The van der Waals surface area contributed by atoms with E-state index in [2.05, 4.69) is 16.8 Å². The number of hydrogen-bond donors (Lipinski definition) is 1. The van der Waals surface area contributed by atoms with Crippen molar-refractivity contribution in [2.45, 2.75) is 19.7 Å². The highest BCUT2D eigenvalue weighted by Gasteiger charge is 2.11. The first-order valence-corrected chi connectivity index (χ1v) is 9.76. The fourth-order valence-corrected chi connectivity index (χ4v) is 3.48. The second-order valence-electron chi connectivity index (χ2n) is 5.69. The van der Waals surface area contributed by atoms with Gasteiger partial charge in [-0.05, 0) is 40.8 Å². The van der Waals surface area contributed by atoms with Crippen molar-refractivity contribution < 1.29 is 9.47 Å². The quantitative estimate of drug-likeness (QED) is 0.501. The number of rotatable bonds is 8. The Morgan fingerprint density at radius 3 is 2.50 bits per heavy atom. The van der Waals surface area contributed by atoms with Crippen LogP contribution in [-0.4, -0.2) is 7.11 Å². The Balaban J connectivity index is 1.64. The van der Waals surface area contributed by atoms with Crippen LogP contribution in [0.4, 0.5) is 0 Å². The van der Waals surface area contributed by atoms with Gasteiger partial charge in [0.25, 0.3) is 0 Å². The minimum absolute atomic E-state index is 0.417. The summed E-state index contributed by atoms with van der Waals surface area (Å²) >= 11 is 14.1. The van der Waals surface area contributed by atoms with Crippen LogP contribution in [0.3, 0.4) is 0 Å². The van der Waals surface area contributed by atoms with Gasteiger partial charge in [0.1, 0.15) is 6.61 Å². The van der Waals surface area contributed by atoms with Gasteiger partial charge >= 0.3 is 0 Å². The molecule has 0 spiro atoms. The van der Waals surface area contributed by atoms with E-state index < -0.39 is 0 Å². The van der Waals surface area contributed by atoms with E-state index in [0.29, 0.717) is 34.7 Å². The fraction of sp³-hybridized carbons (Fsp3) is 0.200. The molecule has 0 bridgehead atoms. The van der Waals surface area contributed by atoms with Crippen molar-refractivity contribution >= 4 is 34.5 Å².